The molecule has 5 atom stereocenters. The molecule has 0 spiro atoms. The molecular weight excluding hydrogens is 242 g/mol. The first-order valence-electron chi connectivity index (χ1n) is 7.78. The van der Waals surface area contributed by atoms with Crippen molar-refractivity contribution in [3.05, 3.63) is 0 Å². The van der Waals surface area contributed by atoms with Crippen LogP contribution in [0.5, 0.6) is 0 Å². The highest BCUT2D eigenvalue weighted by Crippen LogP contribution is 2.37. The summed E-state index contributed by atoms with van der Waals surface area (Å²) < 4.78 is 5.62. The smallest absolute Gasteiger partial charge is 0.252 e. The van der Waals surface area contributed by atoms with Gasteiger partial charge in [0.25, 0.3) is 5.91 Å². The maximum absolute atomic E-state index is 12.7. The fourth-order valence-electron chi connectivity index (χ4n) is 4.10. The maximum Gasteiger partial charge on any atom is 0.252 e. The first-order chi connectivity index (χ1) is 9.18. The Labute approximate surface area is 115 Å². The third kappa shape index (κ3) is 2.40. The van der Waals surface area contributed by atoms with Crippen LogP contribution in [0.25, 0.3) is 0 Å². The fourth-order valence-corrected chi connectivity index (χ4v) is 4.10. The molecule has 19 heavy (non-hydrogen) atoms. The van der Waals surface area contributed by atoms with E-state index >= 15 is 0 Å². The third-order valence-corrected chi connectivity index (χ3v) is 5.24. The van der Waals surface area contributed by atoms with E-state index in [1.165, 1.54) is 0 Å². The van der Waals surface area contributed by atoms with Crippen molar-refractivity contribution >= 4 is 5.91 Å². The summed E-state index contributed by atoms with van der Waals surface area (Å²) in [4.78, 5) is 14.7. The number of carbonyl (C=O) groups excluding carboxylic acids is 1. The van der Waals surface area contributed by atoms with Crippen LogP contribution < -0.4 is 0 Å². The van der Waals surface area contributed by atoms with Gasteiger partial charge < -0.3 is 14.7 Å². The van der Waals surface area contributed by atoms with Gasteiger partial charge in [-0.15, -0.1) is 0 Å². The van der Waals surface area contributed by atoms with Crippen molar-refractivity contribution in [2.24, 2.45) is 11.8 Å². The van der Waals surface area contributed by atoms with E-state index in [1.54, 1.807) is 0 Å². The third-order valence-electron chi connectivity index (χ3n) is 5.24. The average Bonchev–Trinajstić information content (AvgIpc) is 3.07. The summed E-state index contributed by atoms with van der Waals surface area (Å²) in [6.07, 6.45) is 5.73. The van der Waals surface area contributed by atoms with Crippen molar-refractivity contribution in [3.63, 3.8) is 0 Å². The zero-order valence-electron chi connectivity index (χ0n) is 11.8. The first kappa shape index (κ1) is 13.4. The van der Waals surface area contributed by atoms with Gasteiger partial charge in [-0.25, -0.2) is 0 Å². The van der Waals surface area contributed by atoms with Gasteiger partial charge in [-0.05, 0) is 38.0 Å². The summed E-state index contributed by atoms with van der Waals surface area (Å²) in [5, 5.41) is 10.1. The molecule has 0 aromatic heterocycles. The average molecular weight is 267 g/mol. The van der Waals surface area contributed by atoms with Crippen LogP contribution in [0.1, 0.15) is 45.4 Å². The molecule has 1 saturated carbocycles. The van der Waals surface area contributed by atoms with Crippen LogP contribution in [0, 0.1) is 11.8 Å². The predicted molar refractivity (Wildman–Crippen MR) is 71.6 cm³/mol. The molecule has 2 aliphatic heterocycles. The zero-order valence-corrected chi connectivity index (χ0v) is 11.8. The van der Waals surface area contributed by atoms with Gasteiger partial charge in [-0.3, -0.25) is 4.79 Å². The van der Waals surface area contributed by atoms with Crippen molar-refractivity contribution in [1.82, 2.24) is 4.90 Å². The number of amides is 1. The van der Waals surface area contributed by atoms with Crippen LogP contribution in [-0.4, -0.2) is 47.3 Å². The molecule has 3 rings (SSSR count). The molecule has 3 aliphatic rings. The fraction of sp³-hybridized carbons (Fsp3) is 0.933. The molecule has 0 aromatic rings. The highest BCUT2D eigenvalue weighted by Gasteiger charge is 2.43. The zero-order chi connectivity index (χ0) is 13.4. The van der Waals surface area contributed by atoms with Crippen molar-refractivity contribution in [3.8, 4) is 0 Å². The molecule has 0 radical (unpaired) electrons. The molecule has 1 aliphatic carbocycles. The van der Waals surface area contributed by atoms with Gasteiger partial charge >= 0.3 is 0 Å². The second-order valence-electron chi connectivity index (χ2n) is 6.46. The molecule has 2 saturated heterocycles. The lowest BCUT2D eigenvalue weighted by atomic mass is 9.93. The van der Waals surface area contributed by atoms with Crippen LogP contribution in [0.15, 0.2) is 0 Å². The van der Waals surface area contributed by atoms with Gasteiger partial charge in [0, 0.05) is 25.1 Å². The van der Waals surface area contributed by atoms with Gasteiger partial charge in [-0.1, -0.05) is 13.3 Å². The Bertz CT molecular complexity index is 346. The Hall–Kier alpha value is -0.610. The van der Waals surface area contributed by atoms with Gasteiger partial charge in [0.2, 0.25) is 0 Å². The molecule has 3 fully saturated rings. The van der Waals surface area contributed by atoms with Crippen molar-refractivity contribution < 1.29 is 14.6 Å². The van der Waals surface area contributed by atoms with Crippen LogP contribution in [0.2, 0.25) is 0 Å². The van der Waals surface area contributed by atoms with E-state index in [0.29, 0.717) is 18.4 Å². The Morgan fingerprint density at radius 3 is 2.68 bits per heavy atom. The number of likely N-dealkylation sites (tertiary alicyclic amines) is 1. The summed E-state index contributed by atoms with van der Waals surface area (Å²) in [5.41, 5.74) is 0. The number of nitrogens with zero attached hydrogens (tertiary/aromatic N) is 1. The molecule has 2 heterocycles. The molecule has 4 nitrogen and oxygen atoms in total. The maximum atomic E-state index is 12.7. The van der Waals surface area contributed by atoms with E-state index in [4.69, 9.17) is 4.74 Å². The minimum Gasteiger partial charge on any atom is -0.393 e. The Morgan fingerprint density at radius 1 is 1.21 bits per heavy atom. The normalized spacial score (nSPS) is 43.1. The minimum absolute atomic E-state index is 0.173. The molecule has 108 valence electrons. The number of carbonyl (C=O) groups is 1. The Balaban J connectivity index is 1.70. The SMILES string of the molecule is CC1CCOC1C(=O)N1CCCC1C1CCCC1O. The number of rotatable bonds is 2. The lowest BCUT2D eigenvalue weighted by Gasteiger charge is -2.33. The van der Waals surface area contributed by atoms with Crippen LogP contribution >= 0.6 is 0 Å². The highest BCUT2D eigenvalue weighted by molar-refractivity contribution is 5.82. The van der Waals surface area contributed by atoms with Crippen molar-refractivity contribution in [2.45, 2.75) is 63.7 Å². The lowest BCUT2D eigenvalue weighted by molar-refractivity contribution is -0.144. The molecule has 5 unspecified atom stereocenters. The summed E-state index contributed by atoms with van der Waals surface area (Å²) in [7, 11) is 0. The molecule has 0 aromatic carbocycles. The second-order valence-corrected chi connectivity index (χ2v) is 6.46. The second kappa shape index (κ2) is 5.41. The lowest BCUT2D eigenvalue weighted by Crippen LogP contribution is -2.47. The topological polar surface area (TPSA) is 49.8 Å². The summed E-state index contributed by atoms with van der Waals surface area (Å²) in [5.74, 6) is 0.803. The van der Waals surface area contributed by atoms with Crippen molar-refractivity contribution in [2.75, 3.05) is 13.2 Å². The van der Waals surface area contributed by atoms with Gasteiger partial charge in [0.1, 0.15) is 6.10 Å². The van der Waals surface area contributed by atoms with E-state index in [9.17, 15) is 9.90 Å². The highest BCUT2D eigenvalue weighted by atomic mass is 16.5. The Morgan fingerprint density at radius 2 is 2.05 bits per heavy atom. The van der Waals surface area contributed by atoms with Gasteiger partial charge in [-0.2, -0.15) is 0 Å². The number of hydrogen-bond donors (Lipinski definition) is 1. The Kier molecular flexibility index (Phi) is 3.81. The first-order valence-corrected chi connectivity index (χ1v) is 7.78. The monoisotopic (exact) mass is 267 g/mol. The van der Waals surface area contributed by atoms with Gasteiger partial charge in [0.15, 0.2) is 0 Å². The molecule has 1 amide bonds. The van der Waals surface area contributed by atoms with Crippen molar-refractivity contribution in [1.29, 1.82) is 0 Å². The minimum atomic E-state index is -0.237. The predicted octanol–water partition coefficient (Wildman–Crippen LogP) is 1.56. The van der Waals surface area contributed by atoms with Crippen LogP contribution in [0.3, 0.4) is 0 Å². The van der Waals surface area contributed by atoms with E-state index < -0.39 is 0 Å². The van der Waals surface area contributed by atoms with Crippen LogP contribution in [-0.2, 0) is 9.53 Å². The van der Waals surface area contributed by atoms with Crippen LogP contribution in [0.4, 0.5) is 0 Å². The largest absolute Gasteiger partial charge is 0.393 e. The summed E-state index contributed by atoms with van der Waals surface area (Å²) >= 11 is 0. The summed E-state index contributed by atoms with van der Waals surface area (Å²) in [6.45, 7) is 3.66. The molecule has 4 heteroatoms. The number of aliphatic hydroxyl groups is 1. The number of hydrogen-bond acceptors (Lipinski definition) is 3. The van der Waals surface area contributed by atoms with E-state index in [0.717, 1.165) is 45.1 Å². The number of aliphatic hydroxyl groups excluding tert-OH is 1. The standard InChI is InChI=1S/C15H25NO3/c1-10-7-9-19-14(10)15(18)16-8-3-5-12(16)11-4-2-6-13(11)17/h10-14,17H,2-9H2,1H3. The molecule has 1 N–H and O–H groups in total. The summed E-state index contributed by atoms with van der Waals surface area (Å²) in [6, 6.07) is 0.251. The van der Waals surface area contributed by atoms with E-state index in [-0.39, 0.29) is 24.2 Å². The van der Waals surface area contributed by atoms with Gasteiger partial charge in [0.05, 0.1) is 6.10 Å². The van der Waals surface area contributed by atoms with E-state index in [1.807, 2.05) is 4.90 Å². The number of ether oxygens (including phenoxy) is 1. The molecule has 0 bridgehead atoms. The molecular formula is C15H25NO3. The van der Waals surface area contributed by atoms with E-state index in [2.05, 4.69) is 6.92 Å². The quantitative estimate of drug-likeness (QED) is 0.826.